The first-order valence-corrected chi connectivity index (χ1v) is 24.6. The van der Waals surface area contributed by atoms with Crippen molar-refractivity contribution in [2.24, 2.45) is 0 Å². The van der Waals surface area contributed by atoms with Crippen molar-refractivity contribution in [1.82, 2.24) is 0 Å². The molecule has 0 aliphatic carbocycles. The van der Waals surface area contributed by atoms with Gasteiger partial charge in [-0.3, -0.25) is 0 Å². The summed E-state index contributed by atoms with van der Waals surface area (Å²) in [5.74, 6) is 0. The van der Waals surface area contributed by atoms with Gasteiger partial charge in [0.1, 0.15) is 171 Å². The number of ether oxygens (including phenoxy) is 15. The van der Waals surface area contributed by atoms with Crippen LogP contribution in [0, 0.1) is 0 Å². The van der Waals surface area contributed by atoms with E-state index in [0.717, 1.165) is 0 Å². The summed E-state index contributed by atoms with van der Waals surface area (Å²) in [6.45, 7) is -5.77. The van der Waals surface area contributed by atoms with E-state index in [-0.39, 0.29) is 0 Å². The van der Waals surface area contributed by atoms with E-state index < -0.39 is 261 Å². The lowest BCUT2D eigenvalue weighted by Gasteiger charge is -2.48. The number of hydrogen-bond acceptors (Lipinski definition) is 34. The average molecular weight is 1120 g/mol. The van der Waals surface area contributed by atoms with Crippen molar-refractivity contribution in [2.75, 3.05) is 46.2 Å². The third-order valence-electron chi connectivity index (χ3n) is 14.9. The smallest absolute Gasteiger partial charge is 0.187 e. The first-order chi connectivity index (χ1) is 36.3. The fraction of sp³-hybridized carbons (Fsp3) is 1.00. The normalized spacial score (nSPS) is 55.4. The van der Waals surface area contributed by atoms with Crippen LogP contribution in [-0.2, 0) is 71.1 Å². The van der Waals surface area contributed by atoms with E-state index in [1.165, 1.54) is 0 Å². The van der Waals surface area contributed by atoms with Crippen LogP contribution in [0.25, 0.3) is 0 Å². The molecule has 440 valence electrons. The Hall–Kier alpha value is -1.36. The molecule has 9 heterocycles. The molecule has 9 saturated heterocycles. The van der Waals surface area contributed by atoms with Gasteiger partial charge in [-0.2, -0.15) is 0 Å². The Morgan fingerprint density at radius 1 is 0.211 bits per heavy atom. The Morgan fingerprint density at radius 3 is 0.803 bits per heavy atom. The Bertz CT molecular complexity index is 1840. The summed E-state index contributed by atoms with van der Waals surface area (Å²) >= 11 is 0. The van der Waals surface area contributed by atoms with Gasteiger partial charge in [0.2, 0.25) is 0 Å². The number of epoxide rings is 2. The van der Waals surface area contributed by atoms with Crippen LogP contribution in [0.1, 0.15) is 0 Å². The number of fused-ring (bicyclic) bond motifs is 2. The summed E-state index contributed by atoms with van der Waals surface area (Å²) in [6, 6.07) is 0. The minimum atomic E-state index is -2.03. The largest absolute Gasteiger partial charge is 0.394 e. The quantitative estimate of drug-likeness (QED) is 0.0534. The molecule has 9 fully saturated rings. The molecule has 0 bridgehead atoms. The average Bonchev–Trinajstić information content (AvgIpc) is 4.38. The van der Waals surface area contributed by atoms with E-state index in [1.54, 1.807) is 0 Å². The molecule has 19 N–H and O–H groups in total. The van der Waals surface area contributed by atoms with Crippen molar-refractivity contribution in [3.8, 4) is 0 Å². The lowest BCUT2D eigenvalue weighted by molar-refractivity contribution is -0.380. The van der Waals surface area contributed by atoms with E-state index in [1.807, 2.05) is 0 Å². The van der Waals surface area contributed by atoms with Gasteiger partial charge in [-0.1, -0.05) is 0 Å². The number of aliphatic hydroxyl groups excluding tert-OH is 19. The van der Waals surface area contributed by atoms with Crippen molar-refractivity contribution in [3.05, 3.63) is 0 Å². The summed E-state index contributed by atoms with van der Waals surface area (Å²) in [7, 11) is 0. The minimum absolute atomic E-state index is 0.736. The van der Waals surface area contributed by atoms with Crippen LogP contribution in [0.5, 0.6) is 0 Å². The molecular formula is C42H68O34. The molecular weight excluding hydrogens is 1050 g/mol. The summed E-state index contributed by atoms with van der Waals surface area (Å²) < 4.78 is 85.7. The van der Waals surface area contributed by atoms with Gasteiger partial charge in [0.05, 0.1) is 46.2 Å². The van der Waals surface area contributed by atoms with Gasteiger partial charge in [0.25, 0.3) is 0 Å². The van der Waals surface area contributed by atoms with Crippen LogP contribution in [-0.4, -0.2) is 358 Å². The Balaban J connectivity index is 0.778. The molecule has 9 aliphatic heterocycles. The monoisotopic (exact) mass is 1120 g/mol. The SMILES string of the molecule is OC[C@H]1O[C@H](O[C@H]2[C@@H]3O[C@@H]3[C@@H](O[C@H]3[C@H](O)[C@@H](O)[C@@H](O[C@H]4[C@H](O)[C@@H](O)[C@@H](O[C@H]5[C@@H]6O[C@@H]6[C@@H](O[C@H]6[C@H](O)[C@@H](O)[C@@H](O[C@H]7[C@H](O)[C@@H](O)C(O)O[C@@H]7CO)O[C@@H]6CO)O[C@@H]5CO)O[C@@H]4CO)O[C@@H]3CO)O[C@@H]2CO)[C@H](O)[C@@H](O)[C@@H]1O. The molecule has 0 aromatic carbocycles. The minimum Gasteiger partial charge on any atom is -0.394 e. The summed E-state index contributed by atoms with van der Waals surface area (Å²) in [6.07, 6.45) is -55.6. The van der Waals surface area contributed by atoms with E-state index in [0.29, 0.717) is 0 Å². The van der Waals surface area contributed by atoms with Gasteiger partial charge in [-0.25, -0.2) is 0 Å². The topological polar surface area (TPSA) is 529 Å². The van der Waals surface area contributed by atoms with Crippen molar-refractivity contribution < 1.29 is 168 Å². The lowest BCUT2D eigenvalue weighted by atomic mass is 9.96. The third kappa shape index (κ3) is 11.4. The molecule has 0 radical (unpaired) electrons. The third-order valence-corrected chi connectivity index (χ3v) is 14.9. The van der Waals surface area contributed by atoms with Gasteiger partial charge >= 0.3 is 0 Å². The number of aliphatic hydroxyl groups is 19. The molecule has 9 rings (SSSR count). The van der Waals surface area contributed by atoms with Crippen LogP contribution in [0.15, 0.2) is 0 Å². The second kappa shape index (κ2) is 24.6. The maximum atomic E-state index is 11.4. The van der Waals surface area contributed by atoms with Crippen LogP contribution < -0.4 is 0 Å². The summed E-state index contributed by atoms with van der Waals surface area (Å²) in [4.78, 5) is 0. The molecule has 9 aliphatic rings. The second-order valence-corrected chi connectivity index (χ2v) is 19.7. The van der Waals surface area contributed by atoms with Gasteiger partial charge in [-0.05, 0) is 0 Å². The Kier molecular flexibility index (Phi) is 19.2. The maximum Gasteiger partial charge on any atom is 0.187 e. The van der Waals surface area contributed by atoms with Crippen molar-refractivity contribution in [3.63, 3.8) is 0 Å². The molecule has 0 amide bonds. The summed E-state index contributed by atoms with van der Waals surface area (Å²) in [5, 5.41) is 199. The molecule has 0 spiro atoms. The van der Waals surface area contributed by atoms with Crippen molar-refractivity contribution in [1.29, 1.82) is 0 Å². The van der Waals surface area contributed by atoms with Crippen LogP contribution in [0.2, 0.25) is 0 Å². The fourth-order valence-corrected chi connectivity index (χ4v) is 10.5. The predicted octanol–water partition coefficient (Wildman–Crippen LogP) is -14.2. The second-order valence-electron chi connectivity index (χ2n) is 19.7. The molecule has 34 nitrogen and oxygen atoms in total. The zero-order valence-corrected chi connectivity index (χ0v) is 39.8. The van der Waals surface area contributed by atoms with Crippen LogP contribution in [0.4, 0.5) is 0 Å². The molecule has 34 heteroatoms. The first-order valence-electron chi connectivity index (χ1n) is 24.6. The molecule has 0 saturated carbocycles. The summed E-state index contributed by atoms with van der Waals surface area (Å²) in [5.41, 5.74) is 0. The van der Waals surface area contributed by atoms with E-state index in [4.69, 9.17) is 71.1 Å². The van der Waals surface area contributed by atoms with Gasteiger partial charge < -0.3 is 168 Å². The highest BCUT2D eigenvalue weighted by atomic mass is 16.8. The van der Waals surface area contributed by atoms with Gasteiger partial charge in [-0.15, -0.1) is 0 Å². The fourth-order valence-electron chi connectivity index (χ4n) is 10.5. The van der Waals surface area contributed by atoms with Crippen LogP contribution >= 0.6 is 0 Å². The highest BCUT2D eigenvalue weighted by Crippen LogP contribution is 2.45. The first kappa shape index (κ1) is 59.3. The molecule has 1 unspecified atom stereocenters. The maximum absolute atomic E-state index is 11.4. The molecule has 0 aromatic heterocycles. The highest BCUT2D eigenvalue weighted by molar-refractivity contribution is 5.06. The van der Waals surface area contributed by atoms with Gasteiger partial charge in [0.15, 0.2) is 44.0 Å². The van der Waals surface area contributed by atoms with E-state index in [2.05, 4.69) is 0 Å². The zero-order chi connectivity index (χ0) is 54.8. The van der Waals surface area contributed by atoms with Crippen molar-refractivity contribution >= 4 is 0 Å². The lowest BCUT2D eigenvalue weighted by Crippen LogP contribution is -2.66. The van der Waals surface area contributed by atoms with Gasteiger partial charge in [0, 0.05) is 0 Å². The Labute approximate surface area is 428 Å². The van der Waals surface area contributed by atoms with E-state index in [9.17, 15) is 97.0 Å². The number of rotatable bonds is 19. The molecule has 76 heavy (non-hydrogen) atoms. The number of hydrogen-bond donors (Lipinski definition) is 19. The standard InChI is InChI=1S/C42H68O34/c43-1-8-15(50)16(51)22(57)37(63-8)75-30-13(6-48)67-41(34-32(30)69-34)74-29-12(5-47)65-39(24(59)20(29)55)72-27-10(3-45)66-40(25(60)18(27)53)76-31-14(7-49)68-42(35-33(31)70-35)73-28-11(4-46)64-38(23(58)19(28)54)71-26-9(2-44)62-36(61)21(56)17(26)52/h8-61H,1-7H2/t8-,9-,10-,11-,12-,13-,14-,15-,16+,17-,18-,19-,20-,21-,22-,23-,24-,25-,26-,27-,28-,29-,30-,31-,32+,33+,34+,35+,36?,37-,38-,39-,40-,41-,42-/m1/s1. The molecule has 0 aromatic rings. The Morgan fingerprint density at radius 2 is 0.461 bits per heavy atom. The molecule has 35 atom stereocenters. The highest BCUT2D eigenvalue weighted by Gasteiger charge is 2.65. The predicted molar refractivity (Wildman–Crippen MR) is 225 cm³/mol. The van der Waals surface area contributed by atoms with Crippen LogP contribution in [0.3, 0.4) is 0 Å². The van der Waals surface area contributed by atoms with Crippen molar-refractivity contribution in [2.45, 2.75) is 215 Å². The van der Waals surface area contributed by atoms with E-state index >= 15 is 0 Å². The zero-order valence-electron chi connectivity index (χ0n) is 39.8.